The van der Waals surface area contributed by atoms with Gasteiger partial charge < -0.3 is 9.84 Å². The molecule has 3 rings (SSSR count). The second-order valence-electron chi connectivity index (χ2n) is 6.40. The monoisotopic (exact) mass is 411 g/mol. The zero-order chi connectivity index (χ0) is 20.9. The number of benzene rings is 2. The minimum absolute atomic E-state index is 0.181. The Bertz CT molecular complexity index is 1120. The zero-order valence-electron chi connectivity index (χ0n) is 16.0. The Morgan fingerprint density at radius 2 is 1.76 bits per heavy atom. The third kappa shape index (κ3) is 5.40. The number of anilines is 1. The lowest BCUT2D eigenvalue weighted by Gasteiger charge is -2.07. The Balaban J connectivity index is 1.70. The highest BCUT2D eigenvalue weighted by atomic mass is 32.2. The minimum atomic E-state index is -3.61. The van der Waals surface area contributed by atoms with Gasteiger partial charge in [-0.1, -0.05) is 53.7 Å². The number of carbonyl (C=O) groups is 1. The van der Waals surface area contributed by atoms with Gasteiger partial charge in [-0.3, -0.25) is 4.79 Å². The second kappa shape index (κ2) is 8.85. The summed E-state index contributed by atoms with van der Waals surface area (Å²) in [6.07, 6.45) is 3.42. The quantitative estimate of drug-likeness (QED) is 0.619. The summed E-state index contributed by atoms with van der Waals surface area (Å²) >= 11 is 0. The molecule has 8 heteroatoms. The summed E-state index contributed by atoms with van der Waals surface area (Å²) in [6, 6.07) is 15.8. The van der Waals surface area contributed by atoms with Crippen molar-refractivity contribution in [2.75, 3.05) is 5.32 Å². The van der Waals surface area contributed by atoms with E-state index in [-0.39, 0.29) is 17.3 Å². The van der Waals surface area contributed by atoms with Crippen molar-refractivity contribution in [1.82, 2.24) is 9.88 Å². The normalized spacial score (nSPS) is 11.7. The van der Waals surface area contributed by atoms with Gasteiger partial charge in [-0.25, -0.2) is 13.1 Å². The van der Waals surface area contributed by atoms with E-state index in [1.165, 1.54) is 19.1 Å². The van der Waals surface area contributed by atoms with Gasteiger partial charge in [-0.15, -0.1) is 0 Å². The molecule has 1 aromatic heterocycles. The standard InChI is InChI=1S/C21H21N3O4S/c1-15-21(23-16(2)25)20(28-24-15)13-10-17-8-11-19(12-9-17)29(26,27)22-14-18-6-4-3-5-7-18/h3-13,22H,14H2,1-2H3,(H,23,25). The molecule has 0 saturated heterocycles. The van der Waals surface area contributed by atoms with Crippen LogP contribution in [0.3, 0.4) is 0 Å². The molecule has 7 nitrogen and oxygen atoms in total. The summed E-state index contributed by atoms with van der Waals surface area (Å²) in [5, 5.41) is 6.53. The lowest BCUT2D eigenvalue weighted by Crippen LogP contribution is -2.23. The molecule has 2 aromatic carbocycles. The minimum Gasteiger partial charge on any atom is -0.354 e. The number of aryl methyl sites for hydroxylation is 1. The summed E-state index contributed by atoms with van der Waals surface area (Å²) in [4.78, 5) is 11.5. The van der Waals surface area contributed by atoms with Gasteiger partial charge in [0, 0.05) is 13.5 Å². The first-order chi connectivity index (χ1) is 13.8. The summed E-state index contributed by atoms with van der Waals surface area (Å²) in [6.45, 7) is 3.36. The maximum atomic E-state index is 12.5. The first-order valence-electron chi connectivity index (χ1n) is 8.91. The number of hydrogen-bond donors (Lipinski definition) is 2. The number of aromatic nitrogens is 1. The van der Waals surface area contributed by atoms with Crippen LogP contribution in [0.15, 0.2) is 64.0 Å². The van der Waals surface area contributed by atoms with Gasteiger partial charge in [-0.05, 0) is 36.3 Å². The van der Waals surface area contributed by atoms with Crippen LogP contribution in [0.5, 0.6) is 0 Å². The van der Waals surface area contributed by atoms with Crippen LogP contribution in [0.4, 0.5) is 5.69 Å². The van der Waals surface area contributed by atoms with Crippen molar-refractivity contribution >= 4 is 33.8 Å². The van der Waals surface area contributed by atoms with E-state index in [1.807, 2.05) is 30.3 Å². The first-order valence-corrected chi connectivity index (χ1v) is 10.4. The molecule has 0 spiro atoms. The fraction of sp³-hybridized carbons (Fsp3) is 0.143. The Morgan fingerprint density at radius 1 is 1.07 bits per heavy atom. The van der Waals surface area contributed by atoms with Crippen LogP contribution >= 0.6 is 0 Å². The Kier molecular flexibility index (Phi) is 6.26. The van der Waals surface area contributed by atoms with Gasteiger partial charge in [-0.2, -0.15) is 0 Å². The van der Waals surface area contributed by atoms with Crippen molar-refractivity contribution in [3.8, 4) is 0 Å². The number of nitrogens with one attached hydrogen (secondary N) is 2. The summed E-state index contributed by atoms with van der Waals surface area (Å²) in [7, 11) is -3.61. The molecule has 3 aromatic rings. The van der Waals surface area contributed by atoms with E-state index in [2.05, 4.69) is 15.2 Å². The molecule has 0 unspecified atom stereocenters. The molecular formula is C21H21N3O4S. The number of sulfonamides is 1. The number of nitrogens with zero attached hydrogens (tertiary/aromatic N) is 1. The molecule has 0 fully saturated rings. The molecule has 0 aliphatic heterocycles. The largest absolute Gasteiger partial charge is 0.354 e. The van der Waals surface area contributed by atoms with Gasteiger partial charge in [0.2, 0.25) is 15.9 Å². The third-order valence-electron chi connectivity index (χ3n) is 4.12. The van der Waals surface area contributed by atoms with Crippen molar-refractivity contribution in [3.63, 3.8) is 0 Å². The van der Waals surface area contributed by atoms with Crippen molar-refractivity contribution in [1.29, 1.82) is 0 Å². The van der Waals surface area contributed by atoms with E-state index in [0.29, 0.717) is 17.1 Å². The molecule has 29 heavy (non-hydrogen) atoms. The molecule has 2 N–H and O–H groups in total. The summed E-state index contributed by atoms with van der Waals surface area (Å²) in [5.74, 6) is 0.197. The van der Waals surface area contributed by atoms with Gasteiger partial charge >= 0.3 is 0 Å². The fourth-order valence-corrected chi connectivity index (χ4v) is 3.63. The van der Waals surface area contributed by atoms with Gasteiger partial charge in [0.1, 0.15) is 11.4 Å². The van der Waals surface area contributed by atoms with E-state index < -0.39 is 10.0 Å². The Labute approximate surface area is 169 Å². The van der Waals surface area contributed by atoms with E-state index >= 15 is 0 Å². The number of rotatable bonds is 7. The molecule has 0 aliphatic rings. The van der Waals surface area contributed by atoms with E-state index in [4.69, 9.17) is 4.52 Å². The van der Waals surface area contributed by atoms with E-state index in [9.17, 15) is 13.2 Å². The first kappa shape index (κ1) is 20.5. The van der Waals surface area contributed by atoms with Crippen LogP contribution in [-0.2, 0) is 21.4 Å². The Hall–Kier alpha value is -3.23. The molecule has 0 atom stereocenters. The van der Waals surface area contributed by atoms with Gasteiger partial charge in [0.05, 0.1) is 4.90 Å². The van der Waals surface area contributed by atoms with Crippen molar-refractivity contribution < 1.29 is 17.7 Å². The molecule has 0 saturated carbocycles. The topological polar surface area (TPSA) is 101 Å². The molecule has 1 amide bonds. The highest BCUT2D eigenvalue weighted by Crippen LogP contribution is 2.22. The lowest BCUT2D eigenvalue weighted by molar-refractivity contribution is -0.114. The van der Waals surface area contributed by atoms with E-state index in [1.54, 1.807) is 31.2 Å². The summed E-state index contributed by atoms with van der Waals surface area (Å²) in [5.41, 5.74) is 2.74. The van der Waals surface area contributed by atoms with Crippen molar-refractivity contribution in [2.24, 2.45) is 0 Å². The van der Waals surface area contributed by atoms with E-state index in [0.717, 1.165) is 11.1 Å². The highest BCUT2D eigenvalue weighted by molar-refractivity contribution is 7.89. The van der Waals surface area contributed by atoms with Crippen LogP contribution < -0.4 is 10.0 Å². The number of hydrogen-bond acceptors (Lipinski definition) is 5. The van der Waals surface area contributed by atoms with Crippen LogP contribution in [0, 0.1) is 6.92 Å². The maximum absolute atomic E-state index is 12.5. The van der Waals surface area contributed by atoms with Gasteiger partial charge in [0.25, 0.3) is 0 Å². The highest BCUT2D eigenvalue weighted by Gasteiger charge is 2.14. The zero-order valence-corrected chi connectivity index (χ0v) is 16.9. The average molecular weight is 411 g/mol. The van der Waals surface area contributed by atoms with Crippen LogP contribution in [0.2, 0.25) is 0 Å². The molecule has 0 aliphatic carbocycles. The predicted molar refractivity (Wildman–Crippen MR) is 111 cm³/mol. The fourth-order valence-electron chi connectivity index (χ4n) is 2.62. The third-order valence-corrected chi connectivity index (χ3v) is 5.53. The molecule has 150 valence electrons. The number of amides is 1. The van der Waals surface area contributed by atoms with Crippen LogP contribution in [0.1, 0.15) is 29.5 Å². The molecule has 1 heterocycles. The van der Waals surface area contributed by atoms with Gasteiger partial charge in [0.15, 0.2) is 5.76 Å². The molecule has 0 bridgehead atoms. The SMILES string of the molecule is CC(=O)Nc1c(C)noc1C=Cc1ccc(S(=O)(=O)NCc2ccccc2)cc1. The molecular weight excluding hydrogens is 390 g/mol. The smallest absolute Gasteiger partial charge is 0.240 e. The number of carbonyl (C=O) groups excluding carboxylic acids is 1. The van der Waals surface area contributed by atoms with Crippen molar-refractivity contribution in [3.05, 3.63) is 77.2 Å². The lowest BCUT2D eigenvalue weighted by atomic mass is 10.2. The second-order valence-corrected chi connectivity index (χ2v) is 8.17. The predicted octanol–water partition coefficient (Wildman–Crippen LogP) is 3.59. The summed E-state index contributed by atoms with van der Waals surface area (Å²) < 4.78 is 32.7. The van der Waals surface area contributed by atoms with Crippen LogP contribution in [-0.4, -0.2) is 19.5 Å². The van der Waals surface area contributed by atoms with Crippen LogP contribution in [0.25, 0.3) is 12.2 Å². The maximum Gasteiger partial charge on any atom is 0.240 e. The van der Waals surface area contributed by atoms with Crippen molar-refractivity contribution in [2.45, 2.75) is 25.3 Å². The Morgan fingerprint density at radius 3 is 2.41 bits per heavy atom. The average Bonchev–Trinajstić information content (AvgIpc) is 3.05. The molecule has 0 radical (unpaired) electrons.